The second kappa shape index (κ2) is 14.8. The van der Waals surface area contributed by atoms with Crippen molar-refractivity contribution in [3.63, 3.8) is 0 Å². The molecule has 2 nitrogen and oxygen atoms in total. The monoisotopic (exact) mass is 592 g/mol. The van der Waals surface area contributed by atoms with E-state index in [1.54, 1.807) is 6.92 Å². The van der Waals surface area contributed by atoms with Crippen LogP contribution in [0.25, 0.3) is 0 Å². The summed E-state index contributed by atoms with van der Waals surface area (Å²) in [5, 5.41) is 0. The lowest BCUT2D eigenvalue weighted by Gasteiger charge is -2.42. The van der Waals surface area contributed by atoms with Crippen molar-refractivity contribution in [1.82, 2.24) is 0 Å². The Hall–Kier alpha value is -1.72. The van der Waals surface area contributed by atoms with Crippen LogP contribution in [0.2, 0.25) is 0 Å². The van der Waals surface area contributed by atoms with Gasteiger partial charge in [0.2, 0.25) is 0 Å². The van der Waals surface area contributed by atoms with E-state index in [9.17, 15) is 13.2 Å². The van der Waals surface area contributed by atoms with Gasteiger partial charge in [0.1, 0.15) is 11.5 Å². The van der Waals surface area contributed by atoms with Gasteiger partial charge in [-0.3, -0.25) is 0 Å². The van der Waals surface area contributed by atoms with E-state index in [0.717, 1.165) is 42.4 Å². The fourth-order valence-electron chi connectivity index (χ4n) is 8.83. The van der Waals surface area contributed by atoms with Gasteiger partial charge in [-0.05, 0) is 105 Å². The normalized spacial score (nSPS) is 32.8. The highest BCUT2D eigenvalue weighted by molar-refractivity contribution is 5.49. The molecular weight excluding hydrogens is 540 g/mol. The number of hydrogen-bond acceptors (Lipinski definition) is 2. The molecule has 42 heavy (non-hydrogen) atoms. The molecule has 0 aromatic carbocycles. The van der Waals surface area contributed by atoms with Gasteiger partial charge in [0.05, 0.1) is 13.2 Å². The molecule has 0 saturated heterocycles. The van der Waals surface area contributed by atoms with Crippen molar-refractivity contribution in [2.75, 3.05) is 13.2 Å². The molecule has 0 aromatic heterocycles. The van der Waals surface area contributed by atoms with Gasteiger partial charge in [0.15, 0.2) is 23.3 Å². The summed E-state index contributed by atoms with van der Waals surface area (Å²) in [6, 6.07) is 0. The van der Waals surface area contributed by atoms with E-state index < -0.39 is 23.3 Å². The Bertz CT molecular complexity index is 1060. The Labute approximate surface area is 251 Å². The van der Waals surface area contributed by atoms with Crippen molar-refractivity contribution in [3.8, 4) is 0 Å². The maximum atomic E-state index is 15.0. The summed E-state index contributed by atoms with van der Waals surface area (Å²) < 4.78 is 70.0. The highest BCUT2D eigenvalue weighted by atomic mass is 19.2. The van der Waals surface area contributed by atoms with E-state index in [-0.39, 0.29) is 55.0 Å². The van der Waals surface area contributed by atoms with Crippen LogP contribution in [0.1, 0.15) is 129 Å². The lowest BCUT2D eigenvalue weighted by molar-refractivity contribution is 0.0852. The quantitative estimate of drug-likeness (QED) is 0.222. The zero-order chi connectivity index (χ0) is 29.6. The molecule has 0 heterocycles. The average Bonchev–Trinajstić information content (AvgIpc) is 3.00. The van der Waals surface area contributed by atoms with Gasteiger partial charge in [-0.15, -0.1) is 0 Å². The smallest absolute Gasteiger partial charge is 0.196 e. The van der Waals surface area contributed by atoms with Crippen molar-refractivity contribution < 1.29 is 27.0 Å². The molecule has 0 radical (unpaired) electrons. The first-order valence-corrected chi connectivity index (χ1v) is 17.2. The molecule has 0 aromatic rings. The highest BCUT2D eigenvalue weighted by Crippen LogP contribution is 2.48. The van der Waals surface area contributed by atoms with Crippen LogP contribution in [0, 0.1) is 35.5 Å². The summed E-state index contributed by atoms with van der Waals surface area (Å²) in [5.41, 5.74) is -0.172. The zero-order valence-corrected chi connectivity index (χ0v) is 25.9. The van der Waals surface area contributed by atoms with Crippen LogP contribution < -0.4 is 0 Å². The van der Waals surface area contributed by atoms with E-state index in [0.29, 0.717) is 12.5 Å². The lowest BCUT2D eigenvalue weighted by Crippen LogP contribution is -2.31. The Morgan fingerprint density at radius 1 is 0.524 bits per heavy atom. The first kappa shape index (κ1) is 31.7. The fourth-order valence-corrected chi connectivity index (χ4v) is 8.83. The van der Waals surface area contributed by atoms with E-state index in [2.05, 4.69) is 6.92 Å². The second-order valence-corrected chi connectivity index (χ2v) is 13.9. The molecule has 0 bridgehead atoms. The van der Waals surface area contributed by atoms with Gasteiger partial charge in [-0.2, -0.15) is 0 Å². The van der Waals surface area contributed by atoms with Crippen LogP contribution >= 0.6 is 0 Å². The topological polar surface area (TPSA) is 18.5 Å². The fraction of sp³-hybridized carbons (Fsp3) is 0.778. The molecule has 0 amide bonds. The summed E-state index contributed by atoms with van der Waals surface area (Å²) in [7, 11) is 0. The molecule has 4 atom stereocenters. The van der Waals surface area contributed by atoms with Crippen molar-refractivity contribution in [1.29, 1.82) is 0 Å². The first-order valence-electron chi connectivity index (χ1n) is 17.2. The SMILES string of the molecule is CCCC1CCC2CC(CCC3CCC(COC4=C(F)C(F)=C(C5=C(F)C(F)=C(OCC)CC5)CC4)CC3)CCC2C1. The minimum Gasteiger partial charge on any atom is -0.495 e. The molecule has 236 valence electrons. The number of allylic oxidation sites excluding steroid dienone is 8. The highest BCUT2D eigenvalue weighted by Gasteiger charge is 2.36. The van der Waals surface area contributed by atoms with Gasteiger partial charge in [-0.25, -0.2) is 17.6 Å². The Kier molecular flexibility index (Phi) is 11.2. The standard InChI is InChI=1S/C36H52F4O2/c1-3-5-24-12-14-28-21-25(13-15-27(28)20-24)9-6-23-7-10-26(11-8-23)22-42-32-19-17-30(34(38)36(32)40)29-16-18-31(41-4-2)35(39)33(29)37/h23-28H,3-22H2,1-2H3. The predicted octanol–water partition coefficient (Wildman–Crippen LogP) is 11.7. The molecule has 0 aliphatic heterocycles. The number of halogens is 4. The van der Waals surface area contributed by atoms with Gasteiger partial charge in [-0.1, -0.05) is 58.3 Å². The number of ether oxygens (including phenoxy) is 2. The minimum atomic E-state index is -1.13. The molecule has 3 fully saturated rings. The van der Waals surface area contributed by atoms with Crippen molar-refractivity contribution in [2.45, 2.75) is 129 Å². The van der Waals surface area contributed by atoms with Gasteiger partial charge in [0.25, 0.3) is 0 Å². The number of rotatable bonds is 11. The van der Waals surface area contributed by atoms with Crippen molar-refractivity contribution in [2.24, 2.45) is 35.5 Å². The van der Waals surface area contributed by atoms with Gasteiger partial charge in [0, 0.05) is 12.8 Å². The molecule has 5 aliphatic rings. The maximum Gasteiger partial charge on any atom is 0.196 e. The Balaban J connectivity index is 1.05. The molecule has 6 heteroatoms. The summed E-state index contributed by atoms with van der Waals surface area (Å²) >= 11 is 0. The summed E-state index contributed by atoms with van der Waals surface area (Å²) in [6.45, 7) is 4.64. The van der Waals surface area contributed by atoms with E-state index in [1.165, 1.54) is 77.0 Å². The first-order chi connectivity index (χ1) is 20.4. The number of hydrogen-bond donors (Lipinski definition) is 0. The summed E-state index contributed by atoms with van der Waals surface area (Å²) in [4.78, 5) is 0. The Morgan fingerprint density at radius 2 is 1.00 bits per heavy atom. The molecule has 5 aliphatic carbocycles. The number of fused-ring (bicyclic) bond motifs is 1. The molecule has 4 unspecified atom stereocenters. The zero-order valence-electron chi connectivity index (χ0n) is 25.9. The van der Waals surface area contributed by atoms with E-state index in [4.69, 9.17) is 9.47 Å². The van der Waals surface area contributed by atoms with Crippen LogP contribution in [-0.4, -0.2) is 13.2 Å². The van der Waals surface area contributed by atoms with Crippen LogP contribution in [0.4, 0.5) is 17.6 Å². The largest absolute Gasteiger partial charge is 0.495 e. The minimum absolute atomic E-state index is 0.0144. The summed E-state index contributed by atoms with van der Waals surface area (Å²) in [5.74, 6) is 0.596. The maximum absolute atomic E-state index is 15.0. The molecule has 0 spiro atoms. The third-order valence-electron chi connectivity index (χ3n) is 11.3. The third kappa shape index (κ3) is 7.49. The van der Waals surface area contributed by atoms with Gasteiger partial charge < -0.3 is 9.47 Å². The van der Waals surface area contributed by atoms with Gasteiger partial charge >= 0.3 is 0 Å². The average molecular weight is 593 g/mol. The second-order valence-electron chi connectivity index (χ2n) is 13.9. The van der Waals surface area contributed by atoms with Crippen LogP contribution in [0.5, 0.6) is 0 Å². The van der Waals surface area contributed by atoms with Crippen LogP contribution in [0.15, 0.2) is 46.0 Å². The summed E-state index contributed by atoms with van der Waals surface area (Å²) in [6.07, 6.45) is 19.3. The third-order valence-corrected chi connectivity index (χ3v) is 11.3. The molecule has 0 N–H and O–H groups in total. The molecular formula is C36H52F4O2. The van der Waals surface area contributed by atoms with Crippen LogP contribution in [0.3, 0.4) is 0 Å². The van der Waals surface area contributed by atoms with Crippen LogP contribution in [-0.2, 0) is 9.47 Å². The van der Waals surface area contributed by atoms with Crippen molar-refractivity contribution in [3.05, 3.63) is 46.0 Å². The van der Waals surface area contributed by atoms with E-state index in [1.807, 2.05) is 0 Å². The molecule has 3 saturated carbocycles. The predicted molar refractivity (Wildman–Crippen MR) is 160 cm³/mol. The Morgan fingerprint density at radius 3 is 1.55 bits per heavy atom. The lowest BCUT2D eigenvalue weighted by atomic mass is 9.63. The van der Waals surface area contributed by atoms with Crippen molar-refractivity contribution >= 4 is 0 Å². The molecule has 5 rings (SSSR count). The van der Waals surface area contributed by atoms with E-state index >= 15 is 4.39 Å².